The Hall–Kier alpha value is -1.69. The van der Waals surface area contributed by atoms with Gasteiger partial charge in [0.05, 0.1) is 11.8 Å². The molecule has 1 unspecified atom stereocenters. The fourth-order valence-corrected chi connectivity index (χ4v) is 3.09. The monoisotopic (exact) mass is 309 g/mol. The van der Waals surface area contributed by atoms with E-state index in [0.29, 0.717) is 18.5 Å². The minimum atomic E-state index is -3.17. The number of ketones is 1. The van der Waals surface area contributed by atoms with Gasteiger partial charge in [-0.25, -0.2) is 8.42 Å². The van der Waals surface area contributed by atoms with E-state index in [1.54, 1.807) is 24.3 Å². The Morgan fingerprint density at radius 1 is 1.24 bits per heavy atom. The molecule has 0 aromatic heterocycles. The van der Waals surface area contributed by atoms with Crippen LogP contribution in [0.5, 0.6) is 0 Å². The molecule has 0 radical (unpaired) electrons. The largest absolute Gasteiger partial charge is 0.332 e. The molecule has 0 saturated carbocycles. The van der Waals surface area contributed by atoms with Crippen LogP contribution >= 0.6 is 0 Å². The van der Waals surface area contributed by atoms with Gasteiger partial charge in [0.1, 0.15) is 9.84 Å². The number of amides is 1. The number of nitrogens with zero attached hydrogens (tertiary/aromatic N) is 1. The maximum atomic E-state index is 12.5. The Bertz CT molecular complexity index is 624. The molecule has 21 heavy (non-hydrogen) atoms. The van der Waals surface area contributed by atoms with Crippen LogP contribution in [0.1, 0.15) is 29.6 Å². The molecule has 1 aliphatic rings. The summed E-state index contributed by atoms with van der Waals surface area (Å²) >= 11 is 0. The predicted molar refractivity (Wildman–Crippen MR) is 79.8 cm³/mol. The van der Waals surface area contributed by atoms with Gasteiger partial charge in [-0.05, 0) is 12.8 Å². The quantitative estimate of drug-likeness (QED) is 0.769. The van der Waals surface area contributed by atoms with Crippen molar-refractivity contribution in [3.05, 3.63) is 35.9 Å². The molecule has 0 aliphatic carbocycles. The maximum Gasteiger partial charge on any atom is 0.224 e. The molecule has 1 aromatic rings. The summed E-state index contributed by atoms with van der Waals surface area (Å²) in [6.07, 6.45) is 2.46. The van der Waals surface area contributed by atoms with Gasteiger partial charge in [-0.15, -0.1) is 0 Å². The van der Waals surface area contributed by atoms with Crippen molar-refractivity contribution in [2.24, 2.45) is 0 Å². The summed E-state index contributed by atoms with van der Waals surface area (Å²) in [5, 5.41) is 0. The standard InChI is InChI=1S/C15H19NO4S/c1-21(19,20)11-9-14(17)16-10-5-8-13(16)15(18)12-6-3-2-4-7-12/h2-4,6-7,13H,5,8-11H2,1H3. The van der Waals surface area contributed by atoms with Crippen LogP contribution in [0.3, 0.4) is 0 Å². The highest BCUT2D eigenvalue weighted by Gasteiger charge is 2.34. The zero-order valence-corrected chi connectivity index (χ0v) is 12.8. The van der Waals surface area contributed by atoms with Gasteiger partial charge in [-0.3, -0.25) is 9.59 Å². The lowest BCUT2D eigenvalue weighted by atomic mass is 10.0. The van der Waals surface area contributed by atoms with Crippen molar-refractivity contribution < 1.29 is 18.0 Å². The molecule has 1 aromatic carbocycles. The van der Waals surface area contributed by atoms with Gasteiger partial charge in [0, 0.05) is 24.8 Å². The molecular formula is C15H19NO4S. The number of carbonyl (C=O) groups excluding carboxylic acids is 2. The van der Waals surface area contributed by atoms with Crippen LogP contribution in [0.15, 0.2) is 30.3 Å². The van der Waals surface area contributed by atoms with Crippen LogP contribution in [-0.2, 0) is 14.6 Å². The van der Waals surface area contributed by atoms with Crippen LogP contribution in [0.2, 0.25) is 0 Å². The van der Waals surface area contributed by atoms with Crippen LogP contribution in [0, 0.1) is 0 Å². The summed E-state index contributed by atoms with van der Waals surface area (Å²) < 4.78 is 22.3. The van der Waals surface area contributed by atoms with E-state index < -0.39 is 15.9 Å². The Morgan fingerprint density at radius 2 is 1.90 bits per heavy atom. The van der Waals surface area contributed by atoms with E-state index in [1.807, 2.05) is 6.07 Å². The Kier molecular flexibility index (Phi) is 4.77. The average molecular weight is 309 g/mol. The zero-order valence-electron chi connectivity index (χ0n) is 12.0. The van der Waals surface area contributed by atoms with E-state index in [4.69, 9.17) is 0 Å². The van der Waals surface area contributed by atoms with Crippen LogP contribution in [0.4, 0.5) is 0 Å². The fourth-order valence-electron chi connectivity index (χ4n) is 2.55. The lowest BCUT2D eigenvalue weighted by Gasteiger charge is -2.23. The molecule has 5 nitrogen and oxygen atoms in total. The lowest BCUT2D eigenvalue weighted by Crippen LogP contribution is -2.41. The van der Waals surface area contributed by atoms with E-state index in [2.05, 4.69) is 0 Å². The Balaban J connectivity index is 2.06. The molecule has 1 amide bonds. The van der Waals surface area contributed by atoms with Crippen molar-refractivity contribution in [1.82, 2.24) is 4.90 Å². The Labute approximate surface area is 124 Å². The molecule has 1 atom stereocenters. The van der Waals surface area contributed by atoms with Crippen molar-refractivity contribution in [2.45, 2.75) is 25.3 Å². The molecule has 1 fully saturated rings. The molecule has 1 heterocycles. The smallest absolute Gasteiger partial charge is 0.224 e. The van der Waals surface area contributed by atoms with Crippen molar-refractivity contribution in [1.29, 1.82) is 0 Å². The number of likely N-dealkylation sites (tertiary alicyclic amines) is 1. The molecule has 6 heteroatoms. The van der Waals surface area contributed by atoms with E-state index in [-0.39, 0.29) is 23.9 Å². The van der Waals surface area contributed by atoms with Crippen LogP contribution < -0.4 is 0 Å². The van der Waals surface area contributed by atoms with E-state index >= 15 is 0 Å². The van der Waals surface area contributed by atoms with Gasteiger partial charge in [-0.2, -0.15) is 0 Å². The van der Waals surface area contributed by atoms with Gasteiger partial charge in [-0.1, -0.05) is 30.3 Å². The minimum Gasteiger partial charge on any atom is -0.332 e. The number of sulfone groups is 1. The average Bonchev–Trinajstić information content (AvgIpc) is 2.93. The number of hydrogen-bond acceptors (Lipinski definition) is 4. The first-order valence-corrected chi connectivity index (χ1v) is 9.01. The van der Waals surface area contributed by atoms with Crippen molar-refractivity contribution in [3.8, 4) is 0 Å². The summed E-state index contributed by atoms with van der Waals surface area (Å²) in [5.74, 6) is -0.498. The lowest BCUT2D eigenvalue weighted by molar-refractivity contribution is -0.130. The summed E-state index contributed by atoms with van der Waals surface area (Å²) in [5.41, 5.74) is 0.588. The third kappa shape index (κ3) is 4.14. The first kappa shape index (κ1) is 15.7. The normalized spacial score (nSPS) is 18.7. The van der Waals surface area contributed by atoms with Crippen LogP contribution in [-0.4, -0.2) is 49.6 Å². The second kappa shape index (κ2) is 6.39. The second-order valence-corrected chi connectivity index (χ2v) is 7.62. The van der Waals surface area contributed by atoms with Crippen molar-refractivity contribution in [3.63, 3.8) is 0 Å². The molecule has 1 saturated heterocycles. The Morgan fingerprint density at radius 3 is 2.52 bits per heavy atom. The predicted octanol–water partition coefficient (Wildman–Crippen LogP) is 1.29. The van der Waals surface area contributed by atoms with E-state index in [1.165, 1.54) is 4.90 Å². The molecular weight excluding hydrogens is 290 g/mol. The SMILES string of the molecule is CS(=O)(=O)CCC(=O)N1CCCC1C(=O)c1ccccc1. The van der Waals surface area contributed by atoms with Gasteiger partial charge in [0.25, 0.3) is 0 Å². The van der Waals surface area contributed by atoms with E-state index in [0.717, 1.165) is 12.7 Å². The molecule has 0 bridgehead atoms. The van der Waals surface area contributed by atoms with Gasteiger partial charge >= 0.3 is 0 Å². The second-order valence-electron chi connectivity index (χ2n) is 5.36. The van der Waals surface area contributed by atoms with Gasteiger partial charge < -0.3 is 4.90 Å². The van der Waals surface area contributed by atoms with Crippen molar-refractivity contribution >= 4 is 21.5 Å². The maximum absolute atomic E-state index is 12.5. The third-order valence-electron chi connectivity index (χ3n) is 3.62. The fraction of sp³-hybridized carbons (Fsp3) is 0.467. The molecule has 0 N–H and O–H groups in total. The number of hydrogen-bond donors (Lipinski definition) is 0. The number of rotatable bonds is 5. The highest BCUT2D eigenvalue weighted by Crippen LogP contribution is 2.22. The third-order valence-corrected chi connectivity index (χ3v) is 4.57. The highest BCUT2D eigenvalue weighted by molar-refractivity contribution is 7.90. The summed E-state index contributed by atoms with van der Waals surface area (Å²) in [4.78, 5) is 26.1. The summed E-state index contributed by atoms with van der Waals surface area (Å²) in [7, 11) is -3.17. The number of Topliss-reactive ketones (excluding diaryl/α,β-unsaturated/α-hetero) is 1. The molecule has 2 rings (SSSR count). The summed E-state index contributed by atoms with van der Waals surface area (Å²) in [6, 6.07) is 8.43. The first-order chi connectivity index (χ1) is 9.88. The molecule has 1 aliphatic heterocycles. The highest BCUT2D eigenvalue weighted by atomic mass is 32.2. The number of benzene rings is 1. The topological polar surface area (TPSA) is 71.5 Å². The minimum absolute atomic E-state index is 0.0581. The molecule has 0 spiro atoms. The van der Waals surface area contributed by atoms with Gasteiger partial charge in [0.2, 0.25) is 5.91 Å². The molecule has 114 valence electrons. The first-order valence-electron chi connectivity index (χ1n) is 6.95. The van der Waals surface area contributed by atoms with E-state index in [9.17, 15) is 18.0 Å². The summed E-state index contributed by atoms with van der Waals surface area (Å²) in [6.45, 7) is 0.520. The van der Waals surface area contributed by atoms with Crippen molar-refractivity contribution in [2.75, 3.05) is 18.6 Å². The van der Waals surface area contributed by atoms with Crippen LogP contribution in [0.25, 0.3) is 0 Å². The van der Waals surface area contributed by atoms with Gasteiger partial charge in [0.15, 0.2) is 5.78 Å². The number of carbonyl (C=O) groups is 2. The zero-order chi connectivity index (χ0) is 15.5.